The Morgan fingerprint density at radius 3 is 2.67 bits per heavy atom. The Bertz CT molecular complexity index is 377. The maximum atomic E-state index is 10.7. The van der Waals surface area contributed by atoms with Gasteiger partial charge < -0.3 is 0 Å². The van der Waals surface area contributed by atoms with Crippen LogP contribution in [0.4, 0.5) is 5.69 Å². The highest BCUT2D eigenvalue weighted by Crippen LogP contribution is 2.26. The van der Waals surface area contributed by atoms with Gasteiger partial charge in [0.05, 0.1) is 4.92 Å². The fraction of sp³-hybridized carbons (Fsp3) is 0.455. The molecule has 0 aromatic heterocycles. The number of aryl methyl sites for hydroxylation is 2. The third kappa shape index (κ3) is 2.96. The third-order valence-electron chi connectivity index (χ3n) is 2.37. The second-order valence-corrected chi connectivity index (χ2v) is 4.08. The van der Waals surface area contributed by atoms with Gasteiger partial charge >= 0.3 is 0 Å². The van der Waals surface area contributed by atoms with Crippen molar-refractivity contribution in [2.45, 2.75) is 38.0 Å². The molecule has 0 aliphatic carbocycles. The summed E-state index contributed by atoms with van der Waals surface area (Å²) < 4.78 is 0. The fourth-order valence-corrected chi connectivity index (χ4v) is 1.74. The molecule has 0 saturated carbocycles. The molecule has 82 valence electrons. The number of nitro benzene ring substituents is 1. The van der Waals surface area contributed by atoms with Crippen molar-refractivity contribution in [3.05, 3.63) is 33.4 Å². The number of hydrogen-bond donors (Lipinski definition) is 1. The number of rotatable bonds is 4. The topological polar surface area (TPSA) is 43.1 Å². The molecular formula is C11H15NO2S. The molecule has 0 fully saturated rings. The van der Waals surface area contributed by atoms with E-state index in [1.54, 1.807) is 12.1 Å². The first-order valence-corrected chi connectivity index (χ1v) is 5.47. The first-order chi connectivity index (χ1) is 7.06. The Labute approximate surface area is 95.1 Å². The van der Waals surface area contributed by atoms with Gasteiger partial charge in [0.15, 0.2) is 0 Å². The predicted octanol–water partition coefficient (Wildman–Crippen LogP) is 3.53. The van der Waals surface area contributed by atoms with E-state index in [-0.39, 0.29) is 10.6 Å². The summed E-state index contributed by atoms with van der Waals surface area (Å²) in [6, 6.07) is 3.20. The van der Waals surface area contributed by atoms with E-state index >= 15 is 0 Å². The lowest BCUT2D eigenvalue weighted by molar-refractivity contribution is -0.385. The van der Waals surface area contributed by atoms with Gasteiger partial charge in [-0.2, -0.15) is 0 Å². The van der Waals surface area contributed by atoms with Crippen molar-refractivity contribution in [3.8, 4) is 0 Å². The summed E-state index contributed by atoms with van der Waals surface area (Å²) in [6.07, 6.45) is 2.97. The lowest BCUT2D eigenvalue weighted by Crippen LogP contribution is -1.95. The van der Waals surface area contributed by atoms with Gasteiger partial charge in [0.25, 0.3) is 5.69 Å². The van der Waals surface area contributed by atoms with Gasteiger partial charge in [-0.05, 0) is 30.9 Å². The molecule has 1 rings (SSSR count). The number of thiol groups is 1. The smallest absolute Gasteiger partial charge is 0.258 e. The van der Waals surface area contributed by atoms with Crippen LogP contribution in [0.2, 0.25) is 0 Å². The summed E-state index contributed by atoms with van der Waals surface area (Å²) in [4.78, 5) is 11.2. The van der Waals surface area contributed by atoms with Crippen LogP contribution in [0.1, 0.15) is 30.9 Å². The van der Waals surface area contributed by atoms with Crippen molar-refractivity contribution in [3.63, 3.8) is 0 Å². The van der Waals surface area contributed by atoms with Crippen LogP contribution >= 0.6 is 12.6 Å². The number of benzene rings is 1. The molecule has 0 atom stereocenters. The van der Waals surface area contributed by atoms with Crippen LogP contribution in [0.15, 0.2) is 17.0 Å². The molecule has 0 heterocycles. The van der Waals surface area contributed by atoms with E-state index in [4.69, 9.17) is 0 Å². The average molecular weight is 225 g/mol. The molecule has 0 aliphatic rings. The SMILES string of the molecule is CCCCc1cc([N+](=O)[O-])cc(C)c1S. The van der Waals surface area contributed by atoms with Crippen molar-refractivity contribution in [2.24, 2.45) is 0 Å². The van der Waals surface area contributed by atoms with Crippen LogP contribution < -0.4 is 0 Å². The zero-order valence-electron chi connectivity index (χ0n) is 8.99. The normalized spacial score (nSPS) is 10.3. The van der Waals surface area contributed by atoms with Crippen LogP contribution in [0.25, 0.3) is 0 Å². The quantitative estimate of drug-likeness (QED) is 0.484. The van der Waals surface area contributed by atoms with Crippen molar-refractivity contribution in [1.82, 2.24) is 0 Å². The first kappa shape index (κ1) is 12.0. The highest BCUT2D eigenvalue weighted by atomic mass is 32.1. The van der Waals surface area contributed by atoms with Crippen molar-refractivity contribution in [1.29, 1.82) is 0 Å². The molecule has 3 nitrogen and oxygen atoms in total. The highest BCUT2D eigenvalue weighted by molar-refractivity contribution is 7.80. The molecule has 0 unspecified atom stereocenters. The zero-order valence-corrected chi connectivity index (χ0v) is 9.88. The summed E-state index contributed by atoms with van der Waals surface area (Å²) in [5.74, 6) is 0. The summed E-state index contributed by atoms with van der Waals surface area (Å²) >= 11 is 4.38. The van der Waals surface area contributed by atoms with Crippen LogP contribution in [0.5, 0.6) is 0 Å². The molecule has 0 N–H and O–H groups in total. The van der Waals surface area contributed by atoms with E-state index in [9.17, 15) is 10.1 Å². The second kappa shape index (κ2) is 5.16. The summed E-state index contributed by atoms with van der Waals surface area (Å²) in [6.45, 7) is 3.95. The van der Waals surface area contributed by atoms with E-state index < -0.39 is 0 Å². The van der Waals surface area contributed by atoms with E-state index in [0.717, 1.165) is 35.3 Å². The molecular weight excluding hydrogens is 210 g/mol. The van der Waals surface area contributed by atoms with Gasteiger partial charge in [-0.1, -0.05) is 13.3 Å². The Hall–Kier alpha value is -1.03. The molecule has 15 heavy (non-hydrogen) atoms. The fourth-order valence-electron chi connectivity index (χ4n) is 1.50. The minimum atomic E-state index is -0.352. The Kier molecular flexibility index (Phi) is 4.15. The van der Waals surface area contributed by atoms with Crippen LogP contribution in [0.3, 0.4) is 0 Å². The standard InChI is InChI=1S/C11H15NO2S/c1-3-4-5-9-7-10(12(13)14)6-8(2)11(9)15/h6-7,15H,3-5H2,1-2H3. The Morgan fingerprint density at radius 1 is 1.47 bits per heavy atom. The third-order valence-corrected chi connectivity index (χ3v) is 3.01. The van der Waals surface area contributed by atoms with Crippen LogP contribution in [0, 0.1) is 17.0 Å². The number of nitro groups is 1. The number of hydrogen-bond acceptors (Lipinski definition) is 3. The van der Waals surface area contributed by atoms with Crippen molar-refractivity contribution >= 4 is 18.3 Å². The molecule has 4 heteroatoms. The van der Waals surface area contributed by atoms with Crippen LogP contribution in [-0.2, 0) is 6.42 Å². The summed E-state index contributed by atoms with van der Waals surface area (Å²) in [5.41, 5.74) is 2.02. The molecule has 0 saturated heterocycles. The summed E-state index contributed by atoms with van der Waals surface area (Å²) in [7, 11) is 0. The van der Waals surface area contributed by atoms with Gasteiger partial charge in [-0.3, -0.25) is 10.1 Å². The van der Waals surface area contributed by atoms with Crippen molar-refractivity contribution in [2.75, 3.05) is 0 Å². The zero-order chi connectivity index (χ0) is 11.4. The lowest BCUT2D eigenvalue weighted by Gasteiger charge is -2.07. The van der Waals surface area contributed by atoms with Crippen molar-refractivity contribution < 1.29 is 4.92 Å². The number of unbranched alkanes of at least 4 members (excludes halogenated alkanes) is 1. The monoisotopic (exact) mass is 225 g/mol. The minimum Gasteiger partial charge on any atom is -0.258 e. The van der Waals surface area contributed by atoms with E-state index in [1.807, 2.05) is 6.92 Å². The molecule has 0 aliphatic heterocycles. The van der Waals surface area contributed by atoms with E-state index in [0.29, 0.717) is 0 Å². The van der Waals surface area contributed by atoms with Gasteiger partial charge in [-0.15, -0.1) is 12.6 Å². The van der Waals surface area contributed by atoms with Gasteiger partial charge in [-0.25, -0.2) is 0 Å². The first-order valence-electron chi connectivity index (χ1n) is 5.03. The molecule has 0 bridgehead atoms. The molecule has 0 radical (unpaired) electrons. The second-order valence-electron chi connectivity index (χ2n) is 3.63. The van der Waals surface area contributed by atoms with E-state index in [1.165, 1.54) is 0 Å². The predicted molar refractivity (Wildman–Crippen MR) is 63.7 cm³/mol. The van der Waals surface area contributed by atoms with Gasteiger partial charge in [0.1, 0.15) is 0 Å². The number of nitrogens with zero attached hydrogens (tertiary/aromatic N) is 1. The molecule has 1 aromatic rings. The summed E-state index contributed by atoms with van der Waals surface area (Å²) in [5, 5.41) is 10.7. The molecule has 1 aromatic carbocycles. The molecule has 0 amide bonds. The maximum Gasteiger partial charge on any atom is 0.270 e. The lowest BCUT2D eigenvalue weighted by atomic mass is 10.0. The average Bonchev–Trinajstić information content (AvgIpc) is 2.19. The van der Waals surface area contributed by atoms with Crippen LogP contribution in [-0.4, -0.2) is 4.92 Å². The highest BCUT2D eigenvalue weighted by Gasteiger charge is 2.11. The van der Waals surface area contributed by atoms with Gasteiger partial charge in [0, 0.05) is 17.0 Å². The minimum absolute atomic E-state index is 0.163. The Balaban J connectivity index is 3.07. The Morgan fingerprint density at radius 2 is 2.13 bits per heavy atom. The molecule has 0 spiro atoms. The van der Waals surface area contributed by atoms with E-state index in [2.05, 4.69) is 19.6 Å². The maximum absolute atomic E-state index is 10.7. The number of non-ortho nitro benzene ring substituents is 1. The largest absolute Gasteiger partial charge is 0.270 e. The van der Waals surface area contributed by atoms with Gasteiger partial charge in [0.2, 0.25) is 0 Å².